The number of carbonyl (C=O) groups excluding carboxylic acids is 2. The van der Waals surface area contributed by atoms with Gasteiger partial charge in [-0.3, -0.25) is 4.79 Å². The number of carbonyl (C=O) groups is 2. The van der Waals surface area contributed by atoms with Gasteiger partial charge in [0.05, 0.1) is 11.3 Å². The Balaban J connectivity index is 1.22. The highest BCUT2D eigenvalue weighted by atomic mass is 19.3. The predicted molar refractivity (Wildman–Crippen MR) is 175 cm³/mol. The van der Waals surface area contributed by atoms with Gasteiger partial charge in [0.15, 0.2) is 0 Å². The number of rotatable bonds is 8. The molecule has 0 radical (unpaired) electrons. The van der Waals surface area contributed by atoms with Crippen molar-refractivity contribution in [2.75, 3.05) is 23.7 Å². The van der Waals surface area contributed by atoms with Crippen LogP contribution in [0.15, 0.2) is 60.9 Å². The van der Waals surface area contributed by atoms with Gasteiger partial charge in [-0.1, -0.05) is 24.3 Å². The number of alkyl halides is 2. The van der Waals surface area contributed by atoms with E-state index in [2.05, 4.69) is 20.6 Å². The number of hydrogen-bond acceptors (Lipinski definition) is 8. The minimum atomic E-state index is -2.50. The van der Waals surface area contributed by atoms with Crippen LogP contribution in [0.1, 0.15) is 45.6 Å². The van der Waals surface area contributed by atoms with E-state index in [1.165, 1.54) is 0 Å². The summed E-state index contributed by atoms with van der Waals surface area (Å²) in [4.78, 5) is 40.8. The maximum Gasteiger partial charge on any atom is 0.410 e. The van der Waals surface area contributed by atoms with E-state index in [1.54, 1.807) is 41.6 Å². The third-order valence-electron chi connectivity index (χ3n) is 8.27. The lowest BCUT2D eigenvalue weighted by molar-refractivity contribution is -0.118. The predicted octanol–water partition coefficient (Wildman–Crippen LogP) is 7.44. The van der Waals surface area contributed by atoms with Crippen LogP contribution < -0.4 is 15.4 Å². The van der Waals surface area contributed by atoms with Crippen LogP contribution in [-0.2, 0) is 9.53 Å². The molecule has 4 aromatic rings. The molecule has 0 bridgehead atoms. The molecule has 1 saturated carbocycles. The maximum atomic E-state index is 13.1. The van der Waals surface area contributed by atoms with Gasteiger partial charge >= 0.3 is 6.09 Å². The number of benzene rings is 2. The number of hydrogen-bond donors (Lipinski definition) is 2. The summed E-state index contributed by atoms with van der Waals surface area (Å²) in [6.45, 7) is 8.57. The first kappa shape index (κ1) is 32.1. The molecule has 3 heterocycles. The summed E-state index contributed by atoms with van der Waals surface area (Å²) in [6, 6.07) is 14.6. The molecule has 2 fully saturated rings. The molecule has 1 saturated heterocycles. The SMILES string of the molecule is Cc1ccc2c(NC(=O)[C@@H]3C[C@H]3C(F)F)cccc2c1Oc1ncccc1-c1ccnc(NC2CCCN(C(=O)OC(C)(C)C)C2)n1. The molecule has 1 aliphatic carbocycles. The molecule has 2 amide bonds. The maximum absolute atomic E-state index is 13.1. The second-order valence-electron chi connectivity index (χ2n) is 13.1. The normalized spacial score (nSPS) is 19.4. The lowest BCUT2D eigenvalue weighted by atomic mass is 10.0. The number of amides is 2. The molecule has 6 rings (SSSR count). The van der Waals surface area contributed by atoms with E-state index in [1.807, 2.05) is 52.0 Å². The second kappa shape index (κ2) is 13.1. The number of halogens is 2. The number of nitrogens with one attached hydrogen (secondary N) is 2. The molecule has 2 aromatic heterocycles. The highest BCUT2D eigenvalue weighted by Gasteiger charge is 2.49. The van der Waals surface area contributed by atoms with Crippen molar-refractivity contribution in [1.82, 2.24) is 19.9 Å². The quantitative estimate of drug-likeness (QED) is 0.203. The number of fused-ring (bicyclic) bond motifs is 1. The Bertz CT molecular complexity index is 1800. The third kappa shape index (κ3) is 7.42. The van der Waals surface area contributed by atoms with Crippen molar-refractivity contribution in [2.24, 2.45) is 11.8 Å². The average molecular weight is 645 g/mol. The third-order valence-corrected chi connectivity index (χ3v) is 8.27. The Morgan fingerprint density at radius 3 is 2.62 bits per heavy atom. The molecule has 10 nitrogen and oxygen atoms in total. The number of pyridine rings is 1. The standard InChI is InChI=1S/C35H38F2N6O4/c1-20-12-13-22-23(9-5-11-27(22)41-31(44)26-18-25(26)30(36)37)29(20)46-32-24(10-6-15-38-32)28-14-16-39-33(42-28)40-21-8-7-17-43(19-21)34(45)47-35(2,3)4/h5-6,9-16,21,25-26,30H,7-8,17-19H2,1-4H3,(H,41,44)(H,39,40,42)/t21?,25-,26-/m1/s1. The zero-order valence-corrected chi connectivity index (χ0v) is 26.8. The summed E-state index contributed by atoms with van der Waals surface area (Å²) in [6.07, 6.45) is 2.32. The molecule has 1 aliphatic heterocycles. The van der Waals surface area contributed by atoms with Gasteiger partial charge in [-0.2, -0.15) is 0 Å². The van der Waals surface area contributed by atoms with Crippen LogP contribution in [0.2, 0.25) is 0 Å². The van der Waals surface area contributed by atoms with E-state index in [0.29, 0.717) is 47.6 Å². The number of likely N-dealkylation sites (tertiary alicyclic amines) is 1. The van der Waals surface area contributed by atoms with E-state index < -0.39 is 29.8 Å². The van der Waals surface area contributed by atoms with Gasteiger partial charge in [-0.25, -0.2) is 28.5 Å². The van der Waals surface area contributed by atoms with Crippen LogP contribution in [0.4, 0.5) is 25.2 Å². The van der Waals surface area contributed by atoms with Gasteiger partial charge in [0.25, 0.3) is 0 Å². The first-order valence-corrected chi connectivity index (χ1v) is 15.8. The monoisotopic (exact) mass is 644 g/mol. The Morgan fingerprint density at radius 2 is 1.85 bits per heavy atom. The Hall–Kier alpha value is -4.87. The highest BCUT2D eigenvalue weighted by molar-refractivity contribution is 6.05. The summed E-state index contributed by atoms with van der Waals surface area (Å²) in [5, 5.41) is 7.67. The lowest BCUT2D eigenvalue weighted by Gasteiger charge is -2.34. The van der Waals surface area contributed by atoms with Crippen molar-refractivity contribution in [3.05, 3.63) is 66.5 Å². The molecule has 0 spiro atoms. The first-order valence-electron chi connectivity index (χ1n) is 15.8. The molecule has 2 aromatic carbocycles. The largest absolute Gasteiger partial charge is 0.444 e. The number of piperidine rings is 1. The van der Waals surface area contributed by atoms with Crippen LogP contribution in [0.25, 0.3) is 22.0 Å². The van der Waals surface area contributed by atoms with Gasteiger partial charge in [-0.05, 0) is 76.8 Å². The molecule has 47 heavy (non-hydrogen) atoms. The molecule has 1 unspecified atom stereocenters. The van der Waals surface area contributed by atoms with Crippen LogP contribution in [0, 0.1) is 18.8 Å². The van der Waals surface area contributed by atoms with Crippen LogP contribution >= 0.6 is 0 Å². The average Bonchev–Trinajstić information content (AvgIpc) is 3.84. The van der Waals surface area contributed by atoms with Crippen molar-refractivity contribution in [3.8, 4) is 22.9 Å². The summed E-state index contributed by atoms with van der Waals surface area (Å²) in [5.41, 5.74) is 2.03. The Morgan fingerprint density at radius 1 is 1.02 bits per heavy atom. The van der Waals surface area contributed by atoms with Gasteiger partial charge in [0, 0.05) is 59.8 Å². The van der Waals surface area contributed by atoms with Crippen LogP contribution in [-0.4, -0.2) is 63.0 Å². The van der Waals surface area contributed by atoms with Crippen molar-refractivity contribution in [1.29, 1.82) is 0 Å². The summed E-state index contributed by atoms with van der Waals surface area (Å²) >= 11 is 0. The van der Waals surface area contributed by atoms with Gasteiger partial charge in [0.1, 0.15) is 11.4 Å². The molecular formula is C35H38F2N6O4. The van der Waals surface area contributed by atoms with E-state index >= 15 is 0 Å². The molecule has 3 atom stereocenters. The molecular weight excluding hydrogens is 606 g/mol. The summed E-state index contributed by atoms with van der Waals surface area (Å²) < 4.78 is 38.2. The topological polar surface area (TPSA) is 119 Å². The molecule has 12 heteroatoms. The summed E-state index contributed by atoms with van der Waals surface area (Å²) in [5.74, 6) is -0.685. The lowest BCUT2D eigenvalue weighted by Crippen LogP contribution is -2.47. The summed E-state index contributed by atoms with van der Waals surface area (Å²) in [7, 11) is 0. The number of aryl methyl sites for hydroxylation is 1. The van der Waals surface area contributed by atoms with Crippen molar-refractivity contribution in [2.45, 2.75) is 65.0 Å². The highest BCUT2D eigenvalue weighted by Crippen LogP contribution is 2.44. The first-order chi connectivity index (χ1) is 22.5. The fourth-order valence-corrected chi connectivity index (χ4v) is 5.82. The van der Waals surface area contributed by atoms with Crippen LogP contribution in [0.3, 0.4) is 0 Å². The van der Waals surface area contributed by atoms with Gasteiger partial charge in [0.2, 0.25) is 24.2 Å². The fraction of sp³-hybridized carbons (Fsp3) is 0.400. The second-order valence-corrected chi connectivity index (χ2v) is 13.1. The van der Waals surface area contributed by atoms with E-state index in [4.69, 9.17) is 14.5 Å². The molecule has 246 valence electrons. The number of nitrogens with zero attached hydrogens (tertiary/aromatic N) is 4. The van der Waals surface area contributed by atoms with Crippen molar-refractivity contribution >= 4 is 34.4 Å². The molecule has 2 N–H and O–H groups in total. The number of anilines is 2. The molecule has 2 aliphatic rings. The smallest absolute Gasteiger partial charge is 0.410 e. The minimum absolute atomic E-state index is 0.0506. The van der Waals surface area contributed by atoms with E-state index in [9.17, 15) is 18.4 Å². The van der Waals surface area contributed by atoms with E-state index in [0.717, 1.165) is 29.2 Å². The van der Waals surface area contributed by atoms with Crippen molar-refractivity contribution in [3.63, 3.8) is 0 Å². The van der Waals surface area contributed by atoms with E-state index in [-0.39, 0.29) is 18.6 Å². The Kier molecular flexibility index (Phi) is 8.94. The minimum Gasteiger partial charge on any atom is -0.444 e. The fourth-order valence-electron chi connectivity index (χ4n) is 5.82. The van der Waals surface area contributed by atoms with Gasteiger partial charge < -0.3 is 25.0 Å². The zero-order valence-electron chi connectivity index (χ0n) is 26.8. The van der Waals surface area contributed by atoms with Crippen molar-refractivity contribution < 1.29 is 27.8 Å². The van der Waals surface area contributed by atoms with Crippen LogP contribution in [0.5, 0.6) is 11.6 Å². The Labute approximate surface area is 271 Å². The van der Waals surface area contributed by atoms with Gasteiger partial charge in [-0.15, -0.1) is 0 Å². The number of aromatic nitrogens is 3. The number of ether oxygens (including phenoxy) is 2. The zero-order chi connectivity index (χ0) is 33.3.